The number of aliphatic hydroxyl groups excluding tert-OH is 1. The van der Waals surface area contributed by atoms with Crippen LogP contribution in [0.15, 0.2) is 30.3 Å². The third kappa shape index (κ3) is 7.54. The number of benzene rings is 1. The first-order valence-corrected chi connectivity index (χ1v) is 3.92. The predicted octanol–water partition coefficient (Wildman–Crippen LogP) is 2.76. The molecule has 0 atom stereocenters. The van der Waals surface area contributed by atoms with E-state index in [2.05, 4.69) is 23.2 Å². The Kier molecular flexibility index (Phi) is 6.76. The maximum Gasteiger partial charge on any atom is 0.313 e. The molecule has 12 heavy (non-hydrogen) atoms. The van der Waals surface area contributed by atoms with Crippen molar-refractivity contribution in [2.75, 3.05) is 0 Å². The number of halogens is 2. The lowest BCUT2D eigenvalue weighted by Crippen LogP contribution is -1.77. The molecule has 0 aromatic heterocycles. The summed E-state index contributed by atoms with van der Waals surface area (Å²) in [5, 5.41) is 8.54. The SMILES string of the molecule is O=C(Cl)Cl.OCc1ccccc1. The van der Waals surface area contributed by atoms with E-state index in [9.17, 15) is 0 Å². The van der Waals surface area contributed by atoms with E-state index >= 15 is 0 Å². The summed E-state index contributed by atoms with van der Waals surface area (Å²) in [4.78, 5) is 8.98. The van der Waals surface area contributed by atoms with Crippen LogP contribution in [0.25, 0.3) is 0 Å². The van der Waals surface area contributed by atoms with Crippen molar-refractivity contribution in [1.29, 1.82) is 0 Å². The van der Waals surface area contributed by atoms with E-state index < -0.39 is 4.70 Å². The van der Waals surface area contributed by atoms with Gasteiger partial charge < -0.3 is 5.11 Å². The molecule has 0 spiro atoms. The van der Waals surface area contributed by atoms with Crippen molar-refractivity contribution in [2.24, 2.45) is 0 Å². The van der Waals surface area contributed by atoms with Gasteiger partial charge in [-0.25, -0.2) is 0 Å². The van der Waals surface area contributed by atoms with Crippen LogP contribution in [0.2, 0.25) is 0 Å². The van der Waals surface area contributed by atoms with Gasteiger partial charge in [0.05, 0.1) is 6.61 Å². The Morgan fingerprint density at radius 1 is 1.25 bits per heavy atom. The molecule has 0 fully saturated rings. The minimum Gasteiger partial charge on any atom is -0.392 e. The summed E-state index contributed by atoms with van der Waals surface area (Å²) in [6.45, 7) is 0.140. The van der Waals surface area contributed by atoms with Crippen LogP contribution in [0.1, 0.15) is 5.56 Å². The van der Waals surface area contributed by atoms with Gasteiger partial charge in [-0.05, 0) is 28.8 Å². The Labute approximate surface area is 80.7 Å². The molecule has 0 radical (unpaired) electrons. The van der Waals surface area contributed by atoms with Gasteiger partial charge in [0.15, 0.2) is 0 Å². The van der Waals surface area contributed by atoms with Gasteiger partial charge in [0.1, 0.15) is 0 Å². The highest BCUT2D eigenvalue weighted by molar-refractivity contribution is 6.93. The van der Waals surface area contributed by atoms with Crippen LogP contribution in [0, 0.1) is 0 Å². The van der Waals surface area contributed by atoms with Crippen molar-refractivity contribution < 1.29 is 9.90 Å². The minimum atomic E-state index is -0.889. The van der Waals surface area contributed by atoms with Gasteiger partial charge >= 0.3 is 4.70 Å². The molecule has 0 saturated heterocycles. The normalized spacial score (nSPS) is 8.25. The molecule has 0 saturated carbocycles. The van der Waals surface area contributed by atoms with Gasteiger partial charge in [-0.1, -0.05) is 30.3 Å². The molecule has 4 heteroatoms. The summed E-state index contributed by atoms with van der Waals surface area (Å²) in [5.74, 6) is 0. The largest absolute Gasteiger partial charge is 0.392 e. The Morgan fingerprint density at radius 3 is 1.92 bits per heavy atom. The van der Waals surface area contributed by atoms with E-state index in [4.69, 9.17) is 9.90 Å². The molecule has 0 aliphatic heterocycles. The van der Waals surface area contributed by atoms with Crippen LogP contribution < -0.4 is 0 Å². The monoisotopic (exact) mass is 206 g/mol. The number of rotatable bonds is 1. The quantitative estimate of drug-likeness (QED) is 0.718. The summed E-state index contributed by atoms with van der Waals surface area (Å²) in [5.41, 5.74) is 0.965. The van der Waals surface area contributed by atoms with Gasteiger partial charge in [-0.15, -0.1) is 0 Å². The lowest BCUT2D eigenvalue weighted by Gasteiger charge is -1.89. The first kappa shape index (κ1) is 11.4. The first-order valence-electron chi connectivity index (χ1n) is 3.16. The summed E-state index contributed by atoms with van der Waals surface area (Å²) < 4.78 is -0.889. The minimum absolute atomic E-state index is 0.140. The number of carbonyl (C=O) groups excluding carboxylic acids is 1. The zero-order valence-electron chi connectivity index (χ0n) is 6.21. The van der Waals surface area contributed by atoms with E-state index in [1.807, 2.05) is 30.3 Å². The van der Waals surface area contributed by atoms with Crippen molar-refractivity contribution >= 4 is 27.9 Å². The summed E-state index contributed by atoms with van der Waals surface area (Å²) in [7, 11) is 0. The van der Waals surface area contributed by atoms with Crippen LogP contribution in [0.4, 0.5) is 4.79 Å². The summed E-state index contributed by atoms with van der Waals surface area (Å²) in [6, 6.07) is 9.52. The topological polar surface area (TPSA) is 37.3 Å². The van der Waals surface area contributed by atoms with Gasteiger partial charge in [-0.2, -0.15) is 0 Å². The lowest BCUT2D eigenvalue weighted by molar-refractivity contribution is 0.275. The molecular formula is C8H8Cl2O2. The molecule has 0 aliphatic carbocycles. The molecule has 1 N–H and O–H groups in total. The van der Waals surface area contributed by atoms with Crippen molar-refractivity contribution in [3.63, 3.8) is 0 Å². The van der Waals surface area contributed by atoms with Crippen LogP contribution >= 0.6 is 23.2 Å². The second-order valence-corrected chi connectivity index (χ2v) is 2.75. The molecule has 1 aromatic rings. The second kappa shape index (κ2) is 7.10. The molecule has 0 heterocycles. The van der Waals surface area contributed by atoms with Crippen LogP contribution in [-0.4, -0.2) is 9.81 Å². The van der Waals surface area contributed by atoms with Crippen LogP contribution in [-0.2, 0) is 6.61 Å². The lowest BCUT2D eigenvalue weighted by atomic mass is 10.2. The highest BCUT2D eigenvalue weighted by atomic mass is 35.5. The van der Waals surface area contributed by atoms with Crippen molar-refractivity contribution in [1.82, 2.24) is 0 Å². The molecule has 0 unspecified atom stereocenters. The van der Waals surface area contributed by atoms with Crippen molar-refractivity contribution in [2.45, 2.75) is 6.61 Å². The van der Waals surface area contributed by atoms with Gasteiger partial charge in [0.25, 0.3) is 0 Å². The van der Waals surface area contributed by atoms with Crippen LogP contribution in [0.5, 0.6) is 0 Å². The van der Waals surface area contributed by atoms with Gasteiger partial charge in [-0.3, -0.25) is 4.79 Å². The molecule has 1 rings (SSSR count). The van der Waals surface area contributed by atoms with E-state index in [-0.39, 0.29) is 6.61 Å². The predicted molar refractivity (Wildman–Crippen MR) is 49.5 cm³/mol. The average Bonchev–Trinajstić information content (AvgIpc) is 2.05. The first-order chi connectivity index (χ1) is 5.66. The molecular weight excluding hydrogens is 199 g/mol. The van der Waals surface area contributed by atoms with Crippen molar-refractivity contribution in [3.8, 4) is 0 Å². The molecule has 0 aliphatic rings. The van der Waals surface area contributed by atoms with E-state index in [0.29, 0.717) is 0 Å². The molecule has 0 amide bonds. The maximum absolute atomic E-state index is 8.98. The average molecular weight is 207 g/mol. The number of aliphatic hydroxyl groups is 1. The zero-order chi connectivity index (χ0) is 9.40. The second-order valence-electron chi connectivity index (χ2n) is 1.87. The number of carbonyl (C=O) groups is 1. The van der Waals surface area contributed by atoms with E-state index in [0.717, 1.165) is 5.56 Å². The van der Waals surface area contributed by atoms with Gasteiger partial charge in [0, 0.05) is 0 Å². The summed E-state index contributed by atoms with van der Waals surface area (Å²) >= 11 is 8.80. The summed E-state index contributed by atoms with van der Waals surface area (Å²) in [6.07, 6.45) is 0. The standard InChI is InChI=1S/C7H8O.CCl2O/c8-6-7-4-2-1-3-5-7;2-1(3)4/h1-5,8H,6H2;. The fourth-order valence-electron chi connectivity index (χ4n) is 0.583. The molecule has 0 bridgehead atoms. The number of hydrogen-bond donors (Lipinski definition) is 1. The Balaban J connectivity index is 0.000000261. The Hall–Kier alpha value is -0.570. The van der Waals surface area contributed by atoms with Crippen molar-refractivity contribution in [3.05, 3.63) is 35.9 Å². The smallest absolute Gasteiger partial charge is 0.313 e. The highest BCUT2D eigenvalue weighted by Crippen LogP contribution is 1.95. The fraction of sp³-hybridized carbons (Fsp3) is 0.125. The van der Waals surface area contributed by atoms with E-state index in [1.165, 1.54) is 0 Å². The molecule has 66 valence electrons. The zero-order valence-corrected chi connectivity index (χ0v) is 7.72. The Bertz CT molecular complexity index is 220. The molecule has 1 aromatic carbocycles. The van der Waals surface area contributed by atoms with Crippen LogP contribution in [0.3, 0.4) is 0 Å². The molecule has 2 nitrogen and oxygen atoms in total. The maximum atomic E-state index is 8.98. The third-order valence-electron chi connectivity index (χ3n) is 1.03. The highest BCUT2D eigenvalue weighted by Gasteiger charge is 1.81. The van der Waals surface area contributed by atoms with Gasteiger partial charge in [0.2, 0.25) is 0 Å². The van der Waals surface area contributed by atoms with E-state index in [1.54, 1.807) is 0 Å². The fourth-order valence-corrected chi connectivity index (χ4v) is 0.583. The Morgan fingerprint density at radius 2 is 1.67 bits per heavy atom. The number of hydrogen-bond acceptors (Lipinski definition) is 2. The third-order valence-corrected chi connectivity index (χ3v) is 1.03.